The number of nitrogens with zero attached hydrogens (tertiary/aromatic N) is 1. The molecule has 0 bridgehead atoms. The molecule has 68 valence electrons. The number of nitrogens with two attached hydrogens (primary N) is 1. The van der Waals surface area contributed by atoms with Gasteiger partial charge in [-0.15, -0.1) is 0 Å². The van der Waals surface area contributed by atoms with Gasteiger partial charge in [-0.05, 0) is 12.1 Å². The topological polar surface area (TPSA) is 30.9 Å². The second kappa shape index (κ2) is 3.41. The molecule has 2 nitrogen and oxygen atoms in total. The predicted molar refractivity (Wildman–Crippen MR) is 43.4 cm³/mol. The Labute approximate surface area is 73.9 Å². The van der Waals surface area contributed by atoms with Crippen LogP contribution in [-0.2, 0) is 6.54 Å². The van der Waals surface area contributed by atoms with E-state index < -0.39 is 19.0 Å². The van der Waals surface area contributed by atoms with Gasteiger partial charge in [0.25, 0.3) is 5.92 Å². The molecule has 0 unspecified atom stereocenters. The first-order valence-electron chi connectivity index (χ1n) is 3.44. The van der Waals surface area contributed by atoms with Crippen LogP contribution in [0.4, 0.5) is 8.78 Å². The van der Waals surface area contributed by atoms with Crippen molar-refractivity contribution in [2.24, 2.45) is 5.73 Å². The quantitative estimate of drug-likeness (QED) is 0.781. The van der Waals surface area contributed by atoms with Crippen LogP contribution in [0, 0.1) is 0 Å². The van der Waals surface area contributed by atoms with Crippen LogP contribution in [0.2, 0.25) is 5.15 Å². The van der Waals surface area contributed by atoms with E-state index >= 15 is 0 Å². The molecule has 0 fully saturated rings. The molecule has 1 heterocycles. The van der Waals surface area contributed by atoms with Gasteiger partial charge in [-0.3, -0.25) is 0 Å². The van der Waals surface area contributed by atoms with Gasteiger partial charge in [-0.25, -0.2) is 8.78 Å². The van der Waals surface area contributed by atoms with Gasteiger partial charge in [0.1, 0.15) is 5.15 Å². The van der Waals surface area contributed by atoms with Crippen molar-refractivity contribution >= 4 is 11.6 Å². The zero-order valence-electron chi connectivity index (χ0n) is 6.30. The second-order valence-electron chi connectivity index (χ2n) is 2.52. The lowest BCUT2D eigenvalue weighted by Gasteiger charge is -2.14. The average molecular weight is 195 g/mol. The maximum absolute atomic E-state index is 12.7. The normalized spacial score (nSPS) is 12.0. The predicted octanol–water partition coefficient (Wildman–Crippen LogP) is 1.74. The number of halogens is 3. The number of hydrogen-bond donors (Lipinski definition) is 1. The summed E-state index contributed by atoms with van der Waals surface area (Å²) in [5.41, 5.74) is 4.87. The number of rotatable bonds is 3. The Balaban J connectivity index is 2.70. The Morgan fingerprint density at radius 2 is 2.25 bits per heavy atom. The highest BCUT2D eigenvalue weighted by molar-refractivity contribution is 6.29. The molecule has 0 aromatic carbocycles. The Morgan fingerprint density at radius 3 is 2.67 bits per heavy atom. The Kier molecular flexibility index (Phi) is 2.69. The Morgan fingerprint density at radius 1 is 1.58 bits per heavy atom. The van der Waals surface area contributed by atoms with Crippen molar-refractivity contribution in [1.82, 2.24) is 4.57 Å². The molecule has 0 aliphatic heterocycles. The summed E-state index contributed by atoms with van der Waals surface area (Å²) in [6, 6.07) is 3.16. The molecule has 0 saturated carbocycles. The summed E-state index contributed by atoms with van der Waals surface area (Å²) >= 11 is 5.59. The molecular weight excluding hydrogens is 186 g/mol. The largest absolute Gasteiger partial charge is 0.333 e. The van der Waals surface area contributed by atoms with Crippen molar-refractivity contribution < 1.29 is 8.78 Å². The third-order valence-corrected chi connectivity index (χ3v) is 1.82. The van der Waals surface area contributed by atoms with E-state index in [0.717, 1.165) is 0 Å². The van der Waals surface area contributed by atoms with Crippen LogP contribution in [0.5, 0.6) is 0 Å². The molecule has 0 atom stereocenters. The van der Waals surface area contributed by atoms with E-state index in [4.69, 9.17) is 17.3 Å². The third kappa shape index (κ3) is 2.19. The molecule has 1 rings (SSSR count). The maximum Gasteiger partial charge on any atom is 0.277 e. The van der Waals surface area contributed by atoms with E-state index in [1.54, 1.807) is 12.1 Å². The Bertz CT molecular complexity index is 260. The first-order valence-corrected chi connectivity index (χ1v) is 3.81. The van der Waals surface area contributed by atoms with Gasteiger partial charge in [-0.2, -0.15) is 0 Å². The van der Waals surface area contributed by atoms with E-state index in [2.05, 4.69) is 0 Å². The van der Waals surface area contributed by atoms with Crippen molar-refractivity contribution in [3.63, 3.8) is 0 Å². The van der Waals surface area contributed by atoms with Crippen LogP contribution >= 0.6 is 11.6 Å². The molecule has 0 spiro atoms. The fourth-order valence-electron chi connectivity index (χ4n) is 0.835. The molecule has 5 heteroatoms. The van der Waals surface area contributed by atoms with Crippen LogP contribution in [0.3, 0.4) is 0 Å². The fourth-order valence-corrected chi connectivity index (χ4v) is 1.02. The highest BCUT2D eigenvalue weighted by atomic mass is 35.5. The highest BCUT2D eigenvalue weighted by Crippen LogP contribution is 2.18. The van der Waals surface area contributed by atoms with Crippen molar-refractivity contribution in [2.75, 3.05) is 6.54 Å². The zero-order chi connectivity index (χ0) is 9.19. The number of alkyl halides is 2. The first-order chi connectivity index (χ1) is 5.55. The molecule has 0 aliphatic carbocycles. The summed E-state index contributed by atoms with van der Waals surface area (Å²) < 4.78 is 26.6. The lowest BCUT2D eigenvalue weighted by Crippen LogP contribution is -2.32. The minimum atomic E-state index is -2.89. The van der Waals surface area contributed by atoms with E-state index in [-0.39, 0.29) is 0 Å². The fraction of sp³-hybridized carbons (Fsp3) is 0.429. The van der Waals surface area contributed by atoms with E-state index in [1.165, 1.54) is 10.8 Å². The lowest BCUT2D eigenvalue weighted by atomic mass is 10.3. The van der Waals surface area contributed by atoms with Crippen LogP contribution in [0.1, 0.15) is 0 Å². The van der Waals surface area contributed by atoms with E-state index in [9.17, 15) is 8.78 Å². The molecule has 2 N–H and O–H groups in total. The summed E-state index contributed by atoms with van der Waals surface area (Å²) in [6.45, 7) is -1.13. The van der Waals surface area contributed by atoms with Gasteiger partial charge >= 0.3 is 0 Å². The summed E-state index contributed by atoms with van der Waals surface area (Å²) in [4.78, 5) is 0. The molecule has 0 saturated heterocycles. The van der Waals surface area contributed by atoms with Crippen molar-refractivity contribution in [3.05, 3.63) is 23.5 Å². The van der Waals surface area contributed by atoms with Gasteiger partial charge in [0.05, 0.1) is 13.1 Å². The second-order valence-corrected chi connectivity index (χ2v) is 2.91. The summed E-state index contributed by atoms with van der Waals surface area (Å²) in [7, 11) is 0. The molecule has 0 radical (unpaired) electrons. The lowest BCUT2D eigenvalue weighted by molar-refractivity contribution is -0.00644. The average Bonchev–Trinajstić information content (AvgIpc) is 2.36. The molecule has 0 amide bonds. The van der Waals surface area contributed by atoms with Crippen molar-refractivity contribution in [3.8, 4) is 0 Å². The van der Waals surface area contributed by atoms with Gasteiger partial charge in [-0.1, -0.05) is 11.6 Å². The summed E-state index contributed by atoms with van der Waals surface area (Å²) in [5, 5.41) is 0.295. The molecule has 12 heavy (non-hydrogen) atoms. The van der Waals surface area contributed by atoms with Crippen LogP contribution in [0.15, 0.2) is 18.3 Å². The zero-order valence-corrected chi connectivity index (χ0v) is 7.06. The molecule has 1 aromatic heterocycles. The summed E-state index contributed by atoms with van der Waals surface area (Å²) in [6.07, 6.45) is 1.49. The molecule has 1 aromatic rings. The monoisotopic (exact) mass is 194 g/mol. The van der Waals surface area contributed by atoms with Crippen LogP contribution in [0.25, 0.3) is 0 Å². The standard InChI is InChI=1S/C7H9ClF2N2/c8-6-2-1-3-12(6)5-7(9,10)4-11/h1-3H,4-5,11H2. The SMILES string of the molecule is NCC(F)(F)Cn1cccc1Cl. The number of aromatic nitrogens is 1. The first kappa shape index (κ1) is 9.48. The van der Waals surface area contributed by atoms with Gasteiger partial charge < -0.3 is 10.3 Å². The smallest absolute Gasteiger partial charge is 0.277 e. The minimum absolute atomic E-state index is 0.295. The van der Waals surface area contributed by atoms with Crippen LogP contribution < -0.4 is 5.73 Å². The van der Waals surface area contributed by atoms with Crippen LogP contribution in [-0.4, -0.2) is 17.0 Å². The number of hydrogen-bond acceptors (Lipinski definition) is 1. The maximum atomic E-state index is 12.7. The van der Waals surface area contributed by atoms with Crippen molar-refractivity contribution in [2.45, 2.75) is 12.5 Å². The molecule has 0 aliphatic rings. The van der Waals surface area contributed by atoms with Gasteiger partial charge in [0.2, 0.25) is 0 Å². The summed E-state index contributed by atoms with van der Waals surface area (Å²) in [5.74, 6) is -2.89. The third-order valence-electron chi connectivity index (χ3n) is 1.47. The van der Waals surface area contributed by atoms with Gasteiger partial charge in [0.15, 0.2) is 0 Å². The Hall–Kier alpha value is -0.610. The minimum Gasteiger partial charge on any atom is -0.333 e. The van der Waals surface area contributed by atoms with E-state index in [0.29, 0.717) is 5.15 Å². The van der Waals surface area contributed by atoms with Gasteiger partial charge in [0, 0.05) is 6.20 Å². The van der Waals surface area contributed by atoms with Crippen molar-refractivity contribution in [1.29, 1.82) is 0 Å². The van der Waals surface area contributed by atoms with E-state index in [1.807, 2.05) is 0 Å². The molecular formula is C7H9ClF2N2. The highest BCUT2D eigenvalue weighted by Gasteiger charge is 2.27.